The number of ether oxygens (including phenoxy) is 2. The van der Waals surface area contributed by atoms with Crippen molar-refractivity contribution in [2.24, 2.45) is 5.92 Å². The highest BCUT2D eigenvalue weighted by molar-refractivity contribution is 7.87. The Labute approximate surface area is 142 Å². The van der Waals surface area contributed by atoms with Crippen LogP contribution in [0.15, 0.2) is 23.8 Å². The number of halogens is 3. The smallest absolute Gasteiger partial charge is 0.488 e. The van der Waals surface area contributed by atoms with E-state index in [0.29, 0.717) is 0 Å². The zero-order valence-corrected chi connectivity index (χ0v) is 14.3. The molecule has 0 fully saturated rings. The lowest BCUT2D eigenvalue weighted by atomic mass is 9.96. The summed E-state index contributed by atoms with van der Waals surface area (Å²) in [6.07, 6.45) is 0. The summed E-state index contributed by atoms with van der Waals surface area (Å²) in [5.74, 6) is -1.48. The van der Waals surface area contributed by atoms with Crippen LogP contribution in [-0.4, -0.2) is 33.6 Å². The van der Waals surface area contributed by atoms with Gasteiger partial charge in [-0.15, -0.1) is 0 Å². The average Bonchev–Trinajstić information content (AvgIpc) is 2.52. The summed E-state index contributed by atoms with van der Waals surface area (Å²) in [5.41, 5.74) is -5.41. The molecule has 138 valence electrons. The van der Waals surface area contributed by atoms with Crippen molar-refractivity contribution in [3.63, 3.8) is 0 Å². The first kappa shape index (κ1) is 19.1. The van der Waals surface area contributed by atoms with E-state index in [1.807, 2.05) is 0 Å². The van der Waals surface area contributed by atoms with Gasteiger partial charge in [0.05, 0.1) is 18.2 Å². The van der Waals surface area contributed by atoms with Gasteiger partial charge in [-0.3, -0.25) is 0 Å². The predicted octanol–water partition coefficient (Wildman–Crippen LogP) is 3.10. The van der Waals surface area contributed by atoms with Crippen LogP contribution in [0.4, 0.5) is 13.2 Å². The number of alkyl halides is 3. The van der Waals surface area contributed by atoms with Gasteiger partial charge < -0.3 is 13.7 Å². The van der Waals surface area contributed by atoms with E-state index in [9.17, 15) is 26.4 Å². The molecule has 0 bridgehead atoms. The highest BCUT2D eigenvalue weighted by Crippen LogP contribution is 2.40. The molecule has 10 heteroatoms. The van der Waals surface area contributed by atoms with Crippen LogP contribution in [-0.2, 0) is 19.0 Å². The molecule has 0 radical (unpaired) electrons. The molecule has 1 aliphatic rings. The quantitative estimate of drug-likeness (QED) is 0.454. The highest BCUT2D eigenvalue weighted by atomic mass is 32.2. The Bertz CT molecular complexity index is 824. The van der Waals surface area contributed by atoms with Crippen LogP contribution in [0.25, 0.3) is 5.76 Å². The Balaban J connectivity index is 2.63. The molecule has 0 aromatic heterocycles. The lowest BCUT2D eigenvalue weighted by molar-refractivity contribution is -0.0510. The molecule has 0 N–H and O–H groups in total. The number of fused-ring (bicyclic) bond motifs is 1. The maximum atomic E-state index is 12.7. The molecule has 0 unspecified atom stereocenters. The van der Waals surface area contributed by atoms with Crippen molar-refractivity contribution in [2.75, 3.05) is 13.7 Å². The highest BCUT2D eigenvalue weighted by Gasteiger charge is 2.49. The summed E-state index contributed by atoms with van der Waals surface area (Å²) in [4.78, 5) is 11.6. The van der Waals surface area contributed by atoms with E-state index in [0.717, 1.165) is 7.11 Å². The van der Waals surface area contributed by atoms with Gasteiger partial charge in [0.15, 0.2) is 5.76 Å². The molecule has 0 spiro atoms. The van der Waals surface area contributed by atoms with E-state index in [-0.39, 0.29) is 35.0 Å². The second-order valence-corrected chi connectivity index (χ2v) is 7.02. The van der Waals surface area contributed by atoms with E-state index >= 15 is 0 Å². The molecule has 1 aliphatic heterocycles. The molecule has 1 aromatic rings. The van der Waals surface area contributed by atoms with Crippen molar-refractivity contribution in [1.29, 1.82) is 0 Å². The van der Waals surface area contributed by atoms with Gasteiger partial charge in [0.25, 0.3) is 0 Å². The van der Waals surface area contributed by atoms with Crippen molar-refractivity contribution in [3.8, 4) is 5.75 Å². The van der Waals surface area contributed by atoms with Crippen LogP contribution in [0.5, 0.6) is 5.75 Å². The largest absolute Gasteiger partial charge is 0.534 e. The number of rotatable bonds is 4. The van der Waals surface area contributed by atoms with E-state index in [4.69, 9.17) is 4.74 Å². The molecule has 1 aromatic carbocycles. The summed E-state index contributed by atoms with van der Waals surface area (Å²) in [5, 5.41) is 0. The number of benzene rings is 1. The minimum absolute atomic E-state index is 0.0142. The van der Waals surface area contributed by atoms with Gasteiger partial charge in [0, 0.05) is 5.57 Å². The third-order valence-electron chi connectivity index (χ3n) is 3.49. The Kier molecular flexibility index (Phi) is 5.03. The number of hydrogen-bond donors (Lipinski definition) is 0. The first-order chi connectivity index (χ1) is 11.5. The summed E-state index contributed by atoms with van der Waals surface area (Å²) in [6, 6.07) is 3.85. The third kappa shape index (κ3) is 3.73. The number of esters is 1. The van der Waals surface area contributed by atoms with Crippen LogP contribution in [0.2, 0.25) is 0 Å². The SMILES string of the molecule is COC(=O)c1ccc2c(c1)C(OS(=O)(=O)C(F)(F)F)=C(C(C)C)CO2. The van der Waals surface area contributed by atoms with Gasteiger partial charge in [0.2, 0.25) is 0 Å². The van der Waals surface area contributed by atoms with Crippen molar-refractivity contribution in [2.45, 2.75) is 19.4 Å². The zero-order valence-electron chi connectivity index (χ0n) is 13.5. The van der Waals surface area contributed by atoms with Crippen LogP contribution in [0.3, 0.4) is 0 Å². The molecule has 0 saturated carbocycles. The van der Waals surface area contributed by atoms with Crippen LogP contribution < -0.4 is 4.74 Å². The maximum Gasteiger partial charge on any atom is 0.534 e. The van der Waals surface area contributed by atoms with Crippen LogP contribution in [0.1, 0.15) is 29.8 Å². The van der Waals surface area contributed by atoms with Crippen LogP contribution >= 0.6 is 0 Å². The normalized spacial score (nSPS) is 14.8. The number of hydrogen-bond acceptors (Lipinski definition) is 6. The van der Waals surface area contributed by atoms with Crippen molar-refractivity contribution < 1.29 is 40.0 Å². The minimum Gasteiger partial charge on any atom is -0.488 e. The molecule has 1 heterocycles. The van der Waals surface area contributed by atoms with Crippen LogP contribution in [0, 0.1) is 5.92 Å². The maximum absolute atomic E-state index is 12.7. The molecule has 0 amide bonds. The monoisotopic (exact) mass is 380 g/mol. The van der Waals surface area contributed by atoms with Crippen molar-refractivity contribution in [1.82, 2.24) is 0 Å². The van der Waals surface area contributed by atoms with Crippen molar-refractivity contribution in [3.05, 3.63) is 34.9 Å². The molecule has 0 atom stereocenters. The molecule has 2 rings (SSSR count). The Morgan fingerprint density at radius 3 is 2.44 bits per heavy atom. The second kappa shape index (κ2) is 6.58. The molecule has 25 heavy (non-hydrogen) atoms. The fourth-order valence-corrected chi connectivity index (χ4v) is 2.67. The molecular weight excluding hydrogens is 365 g/mol. The summed E-state index contributed by atoms with van der Waals surface area (Å²) < 4.78 is 75.5. The predicted molar refractivity (Wildman–Crippen MR) is 81.1 cm³/mol. The number of carbonyl (C=O) groups excluding carboxylic acids is 1. The third-order valence-corrected chi connectivity index (χ3v) is 4.45. The van der Waals surface area contributed by atoms with E-state index in [1.54, 1.807) is 13.8 Å². The van der Waals surface area contributed by atoms with E-state index in [2.05, 4.69) is 8.92 Å². The summed E-state index contributed by atoms with van der Waals surface area (Å²) >= 11 is 0. The van der Waals surface area contributed by atoms with Crippen molar-refractivity contribution >= 4 is 21.8 Å². The molecule has 0 saturated heterocycles. The fourth-order valence-electron chi connectivity index (χ4n) is 2.16. The lowest BCUT2D eigenvalue weighted by Gasteiger charge is -2.26. The lowest BCUT2D eigenvalue weighted by Crippen LogP contribution is -2.27. The fraction of sp³-hybridized carbons (Fsp3) is 0.400. The standard InChI is InChI=1S/C15H15F3O6S/c1-8(2)11-7-23-12-5-4-9(14(19)22-3)6-10(12)13(11)24-25(20,21)15(16,17)18/h4-6,8H,7H2,1-3H3. The summed E-state index contributed by atoms with van der Waals surface area (Å²) in [7, 11) is -4.74. The molecule has 0 aliphatic carbocycles. The van der Waals surface area contributed by atoms with Gasteiger partial charge in [-0.25, -0.2) is 4.79 Å². The molecular formula is C15H15F3O6S. The number of carbonyl (C=O) groups is 1. The summed E-state index contributed by atoms with van der Waals surface area (Å²) in [6.45, 7) is 3.17. The topological polar surface area (TPSA) is 78.9 Å². The second-order valence-electron chi connectivity index (χ2n) is 5.48. The minimum atomic E-state index is -5.87. The Morgan fingerprint density at radius 2 is 1.92 bits per heavy atom. The first-order valence-electron chi connectivity index (χ1n) is 7.07. The Hall–Kier alpha value is -2.23. The van der Waals surface area contributed by atoms with Gasteiger partial charge in [-0.2, -0.15) is 21.6 Å². The molecule has 6 nitrogen and oxygen atoms in total. The van der Waals surface area contributed by atoms with Gasteiger partial charge in [-0.1, -0.05) is 13.8 Å². The van der Waals surface area contributed by atoms with Gasteiger partial charge >= 0.3 is 21.6 Å². The Morgan fingerprint density at radius 1 is 1.28 bits per heavy atom. The van der Waals surface area contributed by atoms with E-state index < -0.39 is 27.4 Å². The zero-order chi connectivity index (χ0) is 19.0. The van der Waals surface area contributed by atoms with E-state index in [1.165, 1.54) is 18.2 Å². The van der Waals surface area contributed by atoms with Gasteiger partial charge in [0.1, 0.15) is 12.4 Å². The average molecular weight is 380 g/mol. The first-order valence-corrected chi connectivity index (χ1v) is 8.48. The van der Waals surface area contributed by atoms with Gasteiger partial charge in [-0.05, 0) is 24.1 Å². The number of methoxy groups -OCH3 is 1.